The van der Waals surface area contributed by atoms with Crippen molar-refractivity contribution in [2.24, 2.45) is 0 Å². The van der Waals surface area contributed by atoms with E-state index in [1.165, 1.54) is 23.1 Å². The predicted octanol–water partition coefficient (Wildman–Crippen LogP) is 8.03. The molecule has 7 nitrogen and oxygen atoms in total. The van der Waals surface area contributed by atoms with Gasteiger partial charge >= 0.3 is 0 Å². The van der Waals surface area contributed by atoms with Gasteiger partial charge in [0.05, 0.1) is 12.3 Å². The minimum Gasteiger partial charge on any atom is -0.492 e. The highest BCUT2D eigenvalue weighted by molar-refractivity contribution is 8.00. The number of hydrogen-bond acceptors (Lipinski definition) is 6. The van der Waals surface area contributed by atoms with Crippen LogP contribution in [0.2, 0.25) is 0 Å². The largest absolute Gasteiger partial charge is 0.492 e. The summed E-state index contributed by atoms with van der Waals surface area (Å²) in [5.41, 5.74) is 2.49. The molecule has 0 fully saturated rings. The van der Waals surface area contributed by atoms with Crippen molar-refractivity contribution in [3.05, 3.63) is 148 Å². The highest BCUT2D eigenvalue weighted by Crippen LogP contribution is 2.38. The number of benzene rings is 4. The third-order valence-corrected chi connectivity index (χ3v) is 8.56. The summed E-state index contributed by atoms with van der Waals surface area (Å²) >= 11 is 2.82. The van der Waals surface area contributed by atoms with E-state index in [9.17, 15) is 14.4 Å². The van der Waals surface area contributed by atoms with Crippen molar-refractivity contribution >= 4 is 58.3 Å². The average Bonchev–Trinajstić information content (AvgIpc) is 3.58. The van der Waals surface area contributed by atoms with Gasteiger partial charge in [0.15, 0.2) is 0 Å². The number of thiophene rings is 1. The van der Waals surface area contributed by atoms with Crippen LogP contribution in [-0.4, -0.2) is 24.3 Å². The van der Waals surface area contributed by atoms with Crippen molar-refractivity contribution in [2.45, 2.75) is 17.1 Å². The zero-order chi connectivity index (χ0) is 31.4. The number of anilines is 2. The number of carbonyl (C=O) groups is 3. The van der Waals surface area contributed by atoms with Crippen LogP contribution in [0.1, 0.15) is 33.0 Å². The van der Waals surface area contributed by atoms with Gasteiger partial charge in [-0.15, -0.1) is 23.1 Å². The number of nitrogens with one attached hydrogen (secondary N) is 3. The fourth-order valence-electron chi connectivity index (χ4n) is 4.39. The molecule has 0 aliphatic heterocycles. The van der Waals surface area contributed by atoms with E-state index in [0.717, 1.165) is 15.3 Å². The van der Waals surface area contributed by atoms with Crippen molar-refractivity contribution in [1.29, 1.82) is 0 Å². The standard InChI is InChI=1S/C36H31N3O4S2/c1-2-43-32-21-10-9-20-30(32)38-36(42)33(25-13-5-3-6-14-25)45-29-18-11-17-27(23-29)37-35(41)31(24-28-19-12-22-44-28)39-34(40)26-15-7-4-8-16-26/h3-24,33H,2H2,1H3,(H,37,41)(H,38,42)(H,39,40)/b31-24-. The molecule has 0 spiro atoms. The van der Waals surface area contributed by atoms with Crippen molar-refractivity contribution in [3.63, 3.8) is 0 Å². The summed E-state index contributed by atoms with van der Waals surface area (Å²) < 4.78 is 5.70. The smallest absolute Gasteiger partial charge is 0.272 e. The van der Waals surface area contributed by atoms with E-state index < -0.39 is 11.2 Å². The van der Waals surface area contributed by atoms with Crippen LogP contribution in [0.5, 0.6) is 5.75 Å². The molecule has 5 rings (SSSR count). The Labute approximate surface area is 270 Å². The molecule has 0 bridgehead atoms. The fourth-order valence-corrected chi connectivity index (χ4v) is 6.13. The molecule has 1 atom stereocenters. The van der Waals surface area contributed by atoms with Gasteiger partial charge in [-0.3, -0.25) is 14.4 Å². The lowest BCUT2D eigenvalue weighted by molar-refractivity contribution is -0.116. The van der Waals surface area contributed by atoms with Crippen molar-refractivity contribution in [3.8, 4) is 5.75 Å². The molecule has 1 unspecified atom stereocenters. The van der Waals surface area contributed by atoms with E-state index in [1.807, 2.05) is 103 Å². The third-order valence-electron chi connectivity index (χ3n) is 6.49. The summed E-state index contributed by atoms with van der Waals surface area (Å²) in [6.07, 6.45) is 1.65. The Hall–Kier alpha value is -5.12. The maximum atomic E-state index is 13.7. The monoisotopic (exact) mass is 633 g/mol. The first-order valence-electron chi connectivity index (χ1n) is 14.3. The van der Waals surface area contributed by atoms with Crippen LogP contribution < -0.4 is 20.7 Å². The number of carbonyl (C=O) groups excluding carboxylic acids is 3. The van der Waals surface area contributed by atoms with Crippen molar-refractivity contribution in [2.75, 3.05) is 17.2 Å². The Balaban J connectivity index is 1.36. The first-order chi connectivity index (χ1) is 22.0. The maximum Gasteiger partial charge on any atom is 0.272 e. The van der Waals surface area contributed by atoms with Gasteiger partial charge in [-0.1, -0.05) is 72.8 Å². The lowest BCUT2D eigenvalue weighted by Crippen LogP contribution is -2.30. The normalized spacial score (nSPS) is 11.7. The van der Waals surface area contributed by atoms with E-state index in [4.69, 9.17) is 4.74 Å². The number of hydrogen-bond donors (Lipinski definition) is 3. The molecule has 0 saturated carbocycles. The van der Waals surface area contributed by atoms with Gasteiger partial charge in [0.2, 0.25) is 5.91 Å². The molecule has 5 aromatic rings. The maximum absolute atomic E-state index is 13.7. The van der Waals surface area contributed by atoms with Crippen LogP contribution in [0.4, 0.5) is 11.4 Å². The first kappa shape index (κ1) is 31.3. The Morgan fingerprint density at radius 1 is 0.822 bits per heavy atom. The lowest BCUT2D eigenvalue weighted by Gasteiger charge is -2.19. The van der Waals surface area contributed by atoms with Gasteiger partial charge in [0.1, 0.15) is 16.7 Å². The van der Waals surface area contributed by atoms with Crippen LogP contribution in [0.3, 0.4) is 0 Å². The third kappa shape index (κ3) is 8.72. The summed E-state index contributed by atoms with van der Waals surface area (Å²) in [4.78, 5) is 41.7. The molecule has 45 heavy (non-hydrogen) atoms. The molecule has 0 saturated heterocycles. The van der Waals surface area contributed by atoms with E-state index in [-0.39, 0.29) is 17.5 Å². The Morgan fingerprint density at radius 2 is 1.56 bits per heavy atom. The summed E-state index contributed by atoms with van der Waals surface area (Å²) in [6.45, 7) is 2.37. The Bertz CT molecular complexity index is 1770. The number of para-hydroxylation sites is 2. The Morgan fingerprint density at radius 3 is 2.29 bits per heavy atom. The van der Waals surface area contributed by atoms with E-state index in [1.54, 1.807) is 36.4 Å². The number of amides is 3. The van der Waals surface area contributed by atoms with Gasteiger partial charge < -0.3 is 20.7 Å². The second-order valence-electron chi connectivity index (χ2n) is 9.70. The Kier molecular flexibility index (Phi) is 10.8. The van der Waals surface area contributed by atoms with Crippen molar-refractivity contribution < 1.29 is 19.1 Å². The van der Waals surface area contributed by atoms with E-state index in [0.29, 0.717) is 29.3 Å². The molecule has 226 valence electrons. The minimum absolute atomic E-state index is 0.110. The zero-order valence-electron chi connectivity index (χ0n) is 24.4. The second-order valence-corrected chi connectivity index (χ2v) is 11.9. The number of thioether (sulfide) groups is 1. The molecule has 9 heteroatoms. The molecular weight excluding hydrogens is 603 g/mol. The summed E-state index contributed by atoms with van der Waals surface area (Å²) in [5.74, 6) is -0.474. The molecule has 0 aliphatic rings. The highest BCUT2D eigenvalue weighted by Gasteiger charge is 2.24. The van der Waals surface area contributed by atoms with Gasteiger partial charge in [0, 0.05) is 21.0 Å². The van der Waals surface area contributed by atoms with Gasteiger partial charge in [-0.25, -0.2) is 0 Å². The summed E-state index contributed by atoms with van der Waals surface area (Å²) in [7, 11) is 0. The SMILES string of the molecule is CCOc1ccccc1NC(=O)C(Sc1cccc(NC(=O)/C(=C/c2cccs2)NC(=O)c2ccccc2)c1)c1ccccc1. The average molecular weight is 634 g/mol. The molecule has 4 aromatic carbocycles. The van der Waals surface area contributed by atoms with E-state index in [2.05, 4.69) is 16.0 Å². The van der Waals surface area contributed by atoms with Crippen LogP contribution in [0.15, 0.2) is 137 Å². The molecular formula is C36H31N3O4S2. The zero-order valence-corrected chi connectivity index (χ0v) is 26.1. The van der Waals surface area contributed by atoms with Gasteiger partial charge in [0.25, 0.3) is 11.8 Å². The molecule has 0 radical (unpaired) electrons. The number of ether oxygens (including phenoxy) is 1. The van der Waals surface area contributed by atoms with Gasteiger partial charge in [-0.05, 0) is 72.5 Å². The highest BCUT2D eigenvalue weighted by atomic mass is 32.2. The second kappa shape index (κ2) is 15.6. The molecule has 3 amide bonds. The lowest BCUT2D eigenvalue weighted by atomic mass is 10.1. The quantitative estimate of drug-likeness (QED) is 0.0955. The van der Waals surface area contributed by atoms with Crippen molar-refractivity contribution in [1.82, 2.24) is 5.32 Å². The van der Waals surface area contributed by atoms with Crippen LogP contribution in [-0.2, 0) is 9.59 Å². The first-order valence-corrected chi connectivity index (χ1v) is 16.0. The minimum atomic E-state index is -0.591. The molecule has 3 N–H and O–H groups in total. The van der Waals surface area contributed by atoms with E-state index >= 15 is 0 Å². The van der Waals surface area contributed by atoms with Crippen LogP contribution >= 0.6 is 23.1 Å². The predicted molar refractivity (Wildman–Crippen MR) is 183 cm³/mol. The summed E-state index contributed by atoms with van der Waals surface area (Å²) in [6, 6.07) is 36.6. The molecule has 1 heterocycles. The molecule has 0 aliphatic carbocycles. The van der Waals surface area contributed by atoms with Crippen LogP contribution in [0, 0.1) is 0 Å². The van der Waals surface area contributed by atoms with Crippen LogP contribution in [0.25, 0.3) is 6.08 Å². The fraction of sp³-hybridized carbons (Fsp3) is 0.0833. The number of rotatable bonds is 12. The summed E-state index contributed by atoms with van der Waals surface area (Å²) in [5, 5.41) is 10.0. The molecule has 1 aromatic heterocycles. The van der Waals surface area contributed by atoms with Gasteiger partial charge in [-0.2, -0.15) is 0 Å². The topological polar surface area (TPSA) is 96.5 Å².